The van der Waals surface area contributed by atoms with Crippen LogP contribution >= 0.6 is 11.3 Å². The summed E-state index contributed by atoms with van der Waals surface area (Å²) in [5, 5.41) is 13.6. The van der Waals surface area contributed by atoms with E-state index in [0.29, 0.717) is 11.4 Å². The van der Waals surface area contributed by atoms with Gasteiger partial charge in [0.25, 0.3) is 5.91 Å². The molecule has 0 saturated carbocycles. The predicted octanol–water partition coefficient (Wildman–Crippen LogP) is 0.814. The number of aliphatic carboxylic acids is 1. The molecule has 2 amide bonds. The molecule has 2 N–H and O–H groups in total. The molecule has 1 aromatic heterocycles. The SMILES string of the molecule is CC(C)C(NC(=O)c1cccs1)C(=O)N1CCOC(C(=O)O)C1. The van der Waals surface area contributed by atoms with Crippen LogP contribution in [0.1, 0.15) is 23.5 Å². The zero-order valence-corrected chi connectivity index (χ0v) is 13.8. The molecule has 1 aliphatic heterocycles. The van der Waals surface area contributed by atoms with Crippen molar-refractivity contribution in [2.45, 2.75) is 26.0 Å². The fraction of sp³-hybridized carbons (Fsp3) is 0.533. The molecule has 1 aromatic rings. The monoisotopic (exact) mass is 340 g/mol. The highest BCUT2D eigenvalue weighted by Crippen LogP contribution is 2.14. The molecule has 8 heteroatoms. The van der Waals surface area contributed by atoms with E-state index >= 15 is 0 Å². The van der Waals surface area contributed by atoms with Crippen LogP contribution in [0.5, 0.6) is 0 Å². The second-order valence-electron chi connectivity index (χ2n) is 5.65. The summed E-state index contributed by atoms with van der Waals surface area (Å²) in [4.78, 5) is 37.9. The lowest BCUT2D eigenvalue weighted by molar-refractivity contribution is -0.160. The van der Waals surface area contributed by atoms with Gasteiger partial charge in [-0.15, -0.1) is 11.3 Å². The number of morpholine rings is 1. The molecule has 0 spiro atoms. The maximum absolute atomic E-state index is 12.7. The topological polar surface area (TPSA) is 95.9 Å². The minimum atomic E-state index is -1.09. The third-order valence-corrected chi connectivity index (χ3v) is 4.49. The van der Waals surface area contributed by atoms with E-state index in [-0.39, 0.29) is 30.9 Å². The summed E-state index contributed by atoms with van der Waals surface area (Å²) < 4.78 is 5.12. The number of nitrogens with zero attached hydrogens (tertiary/aromatic N) is 1. The minimum absolute atomic E-state index is 0.00768. The number of carboxylic acids is 1. The number of nitrogens with one attached hydrogen (secondary N) is 1. The molecule has 7 nitrogen and oxygen atoms in total. The van der Waals surface area contributed by atoms with Crippen molar-refractivity contribution in [1.29, 1.82) is 0 Å². The molecule has 0 bridgehead atoms. The number of carbonyl (C=O) groups is 3. The predicted molar refractivity (Wildman–Crippen MR) is 84.4 cm³/mol. The van der Waals surface area contributed by atoms with Crippen LogP contribution in [0.15, 0.2) is 17.5 Å². The van der Waals surface area contributed by atoms with Crippen molar-refractivity contribution in [3.63, 3.8) is 0 Å². The van der Waals surface area contributed by atoms with Gasteiger partial charge in [-0.25, -0.2) is 4.79 Å². The third kappa shape index (κ3) is 4.29. The average molecular weight is 340 g/mol. The fourth-order valence-corrected chi connectivity index (χ4v) is 2.96. The van der Waals surface area contributed by atoms with Gasteiger partial charge >= 0.3 is 5.97 Å². The van der Waals surface area contributed by atoms with Gasteiger partial charge in [0.05, 0.1) is 18.0 Å². The molecular formula is C15H20N2O5S. The van der Waals surface area contributed by atoms with E-state index < -0.39 is 18.1 Å². The molecule has 1 saturated heterocycles. The van der Waals surface area contributed by atoms with Gasteiger partial charge in [-0.2, -0.15) is 0 Å². The lowest BCUT2D eigenvalue weighted by Gasteiger charge is -2.34. The maximum atomic E-state index is 12.7. The second kappa shape index (κ2) is 7.56. The van der Waals surface area contributed by atoms with Gasteiger partial charge in [0.1, 0.15) is 6.04 Å². The van der Waals surface area contributed by atoms with Crippen LogP contribution in [0.3, 0.4) is 0 Å². The van der Waals surface area contributed by atoms with Crippen LogP contribution in [0.4, 0.5) is 0 Å². The standard InChI is InChI=1S/C15H20N2O5S/c1-9(2)12(16-13(18)11-4-3-7-23-11)14(19)17-5-6-22-10(8-17)15(20)21/h3-4,7,9-10,12H,5-6,8H2,1-2H3,(H,16,18)(H,20,21). The van der Waals surface area contributed by atoms with Crippen molar-refractivity contribution in [3.05, 3.63) is 22.4 Å². The molecule has 126 valence electrons. The van der Waals surface area contributed by atoms with E-state index in [4.69, 9.17) is 9.84 Å². The first kappa shape index (κ1) is 17.4. The molecular weight excluding hydrogens is 320 g/mol. The molecule has 1 aliphatic rings. The Morgan fingerprint density at radius 2 is 2.17 bits per heavy atom. The highest BCUT2D eigenvalue weighted by Gasteiger charge is 2.34. The molecule has 23 heavy (non-hydrogen) atoms. The van der Waals surface area contributed by atoms with Gasteiger partial charge in [-0.3, -0.25) is 9.59 Å². The molecule has 2 atom stereocenters. The van der Waals surface area contributed by atoms with Crippen molar-refractivity contribution >= 4 is 29.1 Å². The first-order chi connectivity index (χ1) is 10.9. The summed E-state index contributed by atoms with van der Waals surface area (Å²) in [7, 11) is 0. The van der Waals surface area contributed by atoms with Crippen molar-refractivity contribution in [2.75, 3.05) is 19.7 Å². The van der Waals surface area contributed by atoms with E-state index in [0.717, 1.165) is 0 Å². The van der Waals surface area contributed by atoms with Gasteiger partial charge in [0.15, 0.2) is 6.10 Å². The highest BCUT2D eigenvalue weighted by atomic mass is 32.1. The summed E-state index contributed by atoms with van der Waals surface area (Å²) in [6, 6.07) is 2.76. The van der Waals surface area contributed by atoms with Gasteiger partial charge in [0, 0.05) is 6.54 Å². The Balaban J connectivity index is 2.06. The largest absolute Gasteiger partial charge is 0.479 e. The molecule has 1 fully saturated rings. The van der Waals surface area contributed by atoms with E-state index in [9.17, 15) is 14.4 Å². The average Bonchev–Trinajstić information content (AvgIpc) is 3.06. The lowest BCUT2D eigenvalue weighted by Crippen LogP contribution is -2.56. The number of carboxylic acid groups (broad SMARTS) is 1. The van der Waals surface area contributed by atoms with Gasteiger partial charge in [0.2, 0.25) is 5.91 Å². The van der Waals surface area contributed by atoms with Gasteiger partial charge in [-0.1, -0.05) is 19.9 Å². The maximum Gasteiger partial charge on any atom is 0.334 e. The Morgan fingerprint density at radius 3 is 2.74 bits per heavy atom. The smallest absolute Gasteiger partial charge is 0.334 e. The number of carbonyl (C=O) groups excluding carboxylic acids is 2. The van der Waals surface area contributed by atoms with Crippen molar-refractivity contribution in [3.8, 4) is 0 Å². The second-order valence-corrected chi connectivity index (χ2v) is 6.60. The summed E-state index contributed by atoms with van der Waals surface area (Å²) in [6.45, 7) is 4.16. The van der Waals surface area contributed by atoms with Crippen LogP contribution in [-0.2, 0) is 14.3 Å². The van der Waals surface area contributed by atoms with Crippen LogP contribution in [0.2, 0.25) is 0 Å². The van der Waals surface area contributed by atoms with Crippen LogP contribution in [0.25, 0.3) is 0 Å². The number of hydrogen-bond donors (Lipinski definition) is 2. The van der Waals surface area contributed by atoms with Gasteiger partial charge < -0.3 is 20.1 Å². The van der Waals surface area contributed by atoms with E-state index in [1.54, 1.807) is 17.5 Å². The fourth-order valence-electron chi connectivity index (χ4n) is 2.33. The number of thiophene rings is 1. The lowest BCUT2D eigenvalue weighted by atomic mass is 10.0. The zero-order valence-electron chi connectivity index (χ0n) is 13.0. The summed E-state index contributed by atoms with van der Waals surface area (Å²) in [5.74, 6) is -1.78. The Labute approximate surface area is 138 Å². The molecule has 0 aromatic carbocycles. The zero-order chi connectivity index (χ0) is 17.0. The van der Waals surface area contributed by atoms with E-state index in [1.165, 1.54) is 16.2 Å². The Hall–Kier alpha value is -1.93. The van der Waals surface area contributed by atoms with Crippen molar-refractivity contribution in [1.82, 2.24) is 10.2 Å². The van der Waals surface area contributed by atoms with Gasteiger partial charge in [-0.05, 0) is 17.4 Å². The quantitative estimate of drug-likeness (QED) is 0.827. The number of amides is 2. The first-order valence-electron chi connectivity index (χ1n) is 7.37. The number of hydrogen-bond acceptors (Lipinski definition) is 5. The highest BCUT2D eigenvalue weighted by molar-refractivity contribution is 7.12. The molecule has 2 rings (SSSR count). The minimum Gasteiger partial charge on any atom is -0.479 e. The molecule has 2 unspecified atom stereocenters. The van der Waals surface area contributed by atoms with E-state index in [2.05, 4.69) is 5.32 Å². The summed E-state index contributed by atoms with van der Waals surface area (Å²) in [6.07, 6.45) is -1.02. The molecule has 0 radical (unpaired) electrons. The molecule has 0 aliphatic carbocycles. The van der Waals surface area contributed by atoms with E-state index in [1.807, 2.05) is 13.8 Å². The third-order valence-electron chi connectivity index (χ3n) is 3.62. The Bertz CT molecular complexity index is 572. The summed E-state index contributed by atoms with van der Waals surface area (Å²) >= 11 is 1.30. The Kier molecular flexibility index (Phi) is 5.73. The Morgan fingerprint density at radius 1 is 1.43 bits per heavy atom. The normalized spacial score (nSPS) is 19.4. The summed E-state index contributed by atoms with van der Waals surface area (Å²) in [5.41, 5.74) is 0. The number of rotatable bonds is 5. The van der Waals surface area contributed by atoms with Crippen LogP contribution < -0.4 is 5.32 Å². The van der Waals surface area contributed by atoms with Crippen molar-refractivity contribution < 1.29 is 24.2 Å². The first-order valence-corrected chi connectivity index (χ1v) is 8.25. The van der Waals surface area contributed by atoms with Crippen molar-refractivity contribution in [2.24, 2.45) is 5.92 Å². The molecule has 2 heterocycles. The van der Waals surface area contributed by atoms with Crippen LogP contribution in [0, 0.1) is 5.92 Å². The number of ether oxygens (including phenoxy) is 1. The van der Waals surface area contributed by atoms with Crippen LogP contribution in [-0.4, -0.2) is 59.6 Å².